The van der Waals surface area contributed by atoms with Crippen molar-refractivity contribution in [3.05, 3.63) is 60.2 Å². The van der Waals surface area contributed by atoms with E-state index in [1.54, 1.807) is 0 Å². The van der Waals surface area contributed by atoms with Crippen LogP contribution in [-0.2, 0) is 0 Å². The van der Waals surface area contributed by atoms with Gasteiger partial charge in [0, 0.05) is 0 Å². The molecule has 1 fully saturated rings. The smallest absolute Gasteiger partial charge is 0.127 e. The van der Waals surface area contributed by atoms with Gasteiger partial charge in [-0.05, 0) is 48.6 Å². The van der Waals surface area contributed by atoms with Crippen LogP contribution in [0.25, 0.3) is 0 Å². The van der Waals surface area contributed by atoms with Crippen molar-refractivity contribution in [1.29, 1.82) is 0 Å². The van der Waals surface area contributed by atoms with E-state index < -0.39 is 0 Å². The van der Waals surface area contributed by atoms with Crippen molar-refractivity contribution < 1.29 is 4.74 Å². The second-order valence-electron chi connectivity index (χ2n) is 5.32. The molecule has 0 aliphatic heterocycles. The van der Waals surface area contributed by atoms with Crippen molar-refractivity contribution >= 4 is 0 Å². The minimum atomic E-state index is 0.763. The first-order chi connectivity index (χ1) is 9.42. The molecule has 1 aliphatic rings. The van der Waals surface area contributed by atoms with Gasteiger partial charge in [-0.3, -0.25) is 0 Å². The topological polar surface area (TPSA) is 9.23 Å². The summed E-state index contributed by atoms with van der Waals surface area (Å²) in [6.07, 6.45) is 6.86. The van der Waals surface area contributed by atoms with Crippen LogP contribution < -0.4 is 4.74 Å². The third-order valence-electron chi connectivity index (χ3n) is 3.94. The van der Waals surface area contributed by atoms with Crippen molar-refractivity contribution in [3.63, 3.8) is 0 Å². The zero-order valence-corrected chi connectivity index (χ0v) is 11.2. The second-order valence-corrected chi connectivity index (χ2v) is 5.32. The highest BCUT2D eigenvalue weighted by atomic mass is 16.5. The van der Waals surface area contributed by atoms with Crippen LogP contribution in [0.2, 0.25) is 0 Å². The molecule has 0 unspecified atom stereocenters. The maximum absolute atomic E-state index is 5.82. The van der Waals surface area contributed by atoms with Gasteiger partial charge in [-0.25, -0.2) is 0 Å². The molecule has 0 aromatic heterocycles. The summed E-state index contributed by atoms with van der Waals surface area (Å²) in [7, 11) is 0. The van der Waals surface area contributed by atoms with Gasteiger partial charge in [0.25, 0.3) is 0 Å². The van der Waals surface area contributed by atoms with Crippen LogP contribution in [0.1, 0.15) is 43.6 Å². The maximum atomic E-state index is 5.82. The van der Waals surface area contributed by atoms with Crippen LogP contribution in [0.4, 0.5) is 0 Å². The Balaban J connectivity index is 1.68. The molecule has 0 saturated heterocycles. The van der Waals surface area contributed by atoms with E-state index in [0.717, 1.165) is 17.4 Å². The Morgan fingerprint density at radius 1 is 0.684 bits per heavy atom. The number of ether oxygens (including phenoxy) is 1. The second kappa shape index (κ2) is 5.92. The number of hydrogen-bond acceptors (Lipinski definition) is 1. The van der Waals surface area contributed by atoms with E-state index in [0.29, 0.717) is 0 Å². The van der Waals surface area contributed by atoms with Crippen LogP contribution in [0.15, 0.2) is 54.6 Å². The molecule has 1 nitrogen and oxygen atoms in total. The quantitative estimate of drug-likeness (QED) is 0.698. The average molecular weight is 252 g/mol. The van der Waals surface area contributed by atoms with Gasteiger partial charge >= 0.3 is 0 Å². The Kier molecular flexibility index (Phi) is 3.83. The van der Waals surface area contributed by atoms with E-state index in [9.17, 15) is 0 Å². The molecule has 98 valence electrons. The summed E-state index contributed by atoms with van der Waals surface area (Å²) < 4.78 is 5.82. The minimum absolute atomic E-state index is 0.763. The van der Waals surface area contributed by atoms with Crippen LogP contribution >= 0.6 is 0 Å². The summed E-state index contributed by atoms with van der Waals surface area (Å²) in [6, 6.07) is 18.6. The summed E-state index contributed by atoms with van der Waals surface area (Å²) in [5.41, 5.74) is 1.47. The van der Waals surface area contributed by atoms with Crippen molar-refractivity contribution in [1.82, 2.24) is 0 Å². The number of rotatable bonds is 3. The number of hydrogen-bond donors (Lipinski definition) is 0. The van der Waals surface area contributed by atoms with Crippen LogP contribution in [0, 0.1) is 0 Å². The van der Waals surface area contributed by atoms with E-state index in [1.807, 2.05) is 30.3 Å². The van der Waals surface area contributed by atoms with Gasteiger partial charge in [-0.2, -0.15) is 0 Å². The van der Waals surface area contributed by atoms with Gasteiger partial charge in [0.15, 0.2) is 0 Å². The molecule has 2 aromatic rings. The van der Waals surface area contributed by atoms with Gasteiger partial charge in [-0.1, -0.05) is 49.6 Å². The molecule has 0 atom stereocenters. The Hall–Kier alpha value is -1.76. The minimum Gasteiger partial charge on any atom is -0.457 e. The molecule has 0 heterocycles. The molecule has 0 radical (unpaired) electrons. The SMILES string of the molecule is c1ccc(Oc2ccc(C3CCCCC3)cc2)cc1. The summed E-state index contributed by atoms with van der Waals surface area (Å²) in [5, 5.41) is 0. The lowest BCUT2D eigenvalue weighted by Crippen LogP contribution is -2.04. The number of benzene rings is 2. The summed E-state index contributed by atoms with van der Waals surface area (Å²) in [4.78, 5) is 0. The first-order valence-corrected chi connectivity index (χ1v) is 7.25. The Morgan fingerprint density at radius 3 is 2.00 bits per heavy atom. The number of para-hydroxylation sites is 1. The highest BCUT2D eigenvalue weighted by Gasteiger charge is 2.15. The van der Waals surface area contributed by atoms with Crippen molar-refractivity contribution in [3.8, 4) is 11.5 Å². The van der Waals surface area contributed by atoms with Crippen LogP contribution in [0.5, 0.6) is 11.5 Å². The lowest BCUT2D eigenvalue weighted by Gasteiger charge is -2.22. The molecular formula is C18H20O. The van der Waals surface area contributed by atoms with E-state index in [1.165, 1.54) is 37.7 Å². The van der Waals surface area contributed by atoms with E-state index >= 15 is 0 Å². The van der Waals surface area contributed by atoms with Gasteiger partial charge in [0.2, 0.25) is 0 Å². The molecule has 19 heavy (non-hydrogen) atoms. The zero-order valence-electron chi connectivity index (χ0n) is 11.2. The van der Waals surface area contributed by atoms with E-state index in [2.05, 4.69) is 24.3 Å². The molecule has 0 bridgehead atoms. The highest BCUT2D eigenvalue weighted by Crippen LogP contribution is 2.33. The van der Waals surface area contributed by atoms with Gasteiger partial charge in [0.1, 0.15) is 11.5 Å². The average Bonchev–Trinajstić information content (AvgIpc) is 2.50. The zero-order chi connectivity index (χ0) is 12.9. The summed E-state index contributed by atoms with van der Waals surface area (Å²) in [5.74, 6) is 2.58. The third-order valence-corrected chi connectivity index (χ3v) is 3.94. The Morgan fingerprint density at radius 2 is 1.32 bits per heavy atom. The molecule has 0 N–H and O–H groups in total. The molecular weight excluding hydrogens is 232 g/mol. The monoisotopic (exact) mass is 252 g/mol. The van der Waals surface area contributed by atoms with Crippen molar-refractivity contribution in [2.75, 3.05) is 0 Å². The summed E-state index contributed by atoms with van der Waals surface area (Å²) in [6.45, 7) is 0. The van der Waals surface area contributed by atoms with Crippen LogP contribution in [0.3, 0.4) is 0 Å². The standard InChI is InChI=1S/C18H20O/c1-3-7-15(8-4-1)16-11-13-18(14-12-16)19-17-9-5-2-6-10-17/h2,5-6,9-15H,1,3-4,7-8H2. The summed E-state index contributed by atoms with van der Waals surface area (Å²) >= 11 is 0. The fourth-order valence-corrected chi connectivity index (χ4v) is 2.87. The first-order valence-electron chi connectivity index (χ1n) is 7.25. The normalized spacial score (nSPS) is 16.2. The van der Waals surface area contributed by atoms with Crippen molar-refractivity contribution in [2.24, 2.45) is 0 Å². The van der Waals surface area contributed by atoms with E-state index in [-0.39, 0.29) is 0 Å². The molecule has 1 aliphatic carbocycles. The molecule has 0 spiro atoms. The van der Waals surface area contributed by atoms with Gasteiger partial charge < -0.3 is 4.74 Å². The lowest BCUT2D eigenvalue weighted by atomic mass is 9.84. The third kappa shape index (κ3) is 3.17. The fourth-order valence-electron chi connectivity index (χ4n) is 2.87. The lowest BCUT2D eigenvalue weighted by molar-refractivity contribution is 0.442. The van der Waals surface area contributed by atoms with Gasteiger partial charge in [0.05, 0.1) is 0 Å². The molecule has 3 rings (SSSR count). The molecule has 1 heteroatoms. The molecule has 2 aromatic carbocycles. The largest absolute Gasteiger partial charge is 0.457 e. The Bertz CT molecular complexity index is 495. The maximum Gasteiger partial charge on any atom is 0.127 e. The van der Waals surface area contributed by atoms with Crippen LogP contribution in [-0.4, -0.2) is 0 Å². The van der Waals surface area contributed by atoms with Crippen molar-refractivity contribution in [2.45, 2.75) is 38.0 Å². The predicted octanol–water partition coefficient (Wildman–Crippen LogP) is 5.53. The molecule has 1 saturated carbocycles. The van der Waals surface area contributed by atoms with E-state index in [4.69, 9.17) is 4.74 Å². The fraction of sp³-hybridized carbons (Fsp3) is 0.333. The Labute approximate surface area is 115 Å². The highest BCUT2D eigenvalue weighted by molar-refractivity contribution is 5.34. The predicted molar refractivity (Wildman–Crippen MR) is 78.8 cm³/mol. The molecule has 0 amide bonds. The first kappa shape index (κ1) is 12.3. The van der Waals surface area contributed by atoms with Gasteiger partial charge in [-0.15, -0.1) is 0 Å².